The lowest BCUT2D eigenvalue weighted by Gasteiger charge is -2.45. The molecule has 1 aromatic carbocycles. The van der Waals surface area contributed by atoms with Gasteiger partial charge in [0.15, 0.2) is 0 Å². The predicted octanol–water partition coefficient (Wildman–Crippen LogP) is 2.98. The van der Waals surface area contributed by atoms with Gasteiger partial charge in [-0.15, -0.1) is 0 Å². The van der Waals surface area contributed by atoms with E-state index >= 15 is 0 Å². The van der Waals surface area contributed by atoms with E-state index in [0.717, 1.165) is 37.0 Å². The molecule has 0 aliphatic carbocycles. The number of aromatic nitrogens is 2. The molecule has 0 atom stereocenters. The second-order valence-electron chi connectivity index (χ2n) is 6.66. The van der Waals surface area contributed by atoms with Crippen molar-refractivity contribution in [2.24, 2.45) is 0 Å². The van der Waals surface area contributed by atoms with E-state index in [1.807, 2.05) is 59.8 Å². The van der Waals surface area contributed by atoms with Crippen LogP contribution in [0.15, 0.2) is 61.1 Å². The van der Waals surface area contributed by atoms with Gasteiger partial charge in [-0.3, -0.25) is 19.7 Å². The van der Waals surface area contributed by atoms with Crippen LogP contribution in [-0.4, -0.2) is 51.4 Å². The fourth-order valence-corrected chi connectivity index (χ4v) is 3.51. The summed E-state index contributed by atoms with van der Waals surface area (Å²) in [6.45, 7) is 5.52. The first-order valence-electron chi connectivity index (χ1n) is 9.02. The normalized spacial score (nSPS) is 14.6. The molecule has 5 nitrogen and oxygen atoms in total. The average molecular weight is 346 g/mol. The number of pyridine rings is 2. The topological polar surface area (TPSA) is 49.3 Å². The van der Waals surface area contributed by atoms with Crippen LogP contribution in [0.5, 0.6) is 0 Å². The minimum Gasteiger partial charge on any atom is -0.334 e. The Kier molecular flexibility index (Phi) is 4.63. The highest BCUT2D eigenvalue weighted by Crippen LogP contribution is 2.23. The molecule has 5 heteroatoms. The van der Waals surface area contributed by atoms with E-state index < -0.39 is 0 Å². The fraction of sp³-hybridized carbons (Fsp3) is 0.286. The lowest BCUT2D eigenvalue weighted by atomic mass is 10.0. The second-order valence-corrected chi connectivity index (χ2v) is 6.66. The predicted molar refractivity (Wildman–Crippen MR) is 102 cm³/mol. The molecule has 1 aliphatic heterocycles. The summed E-state index contributed by atoms with van der Waals surface area (Å²) in [6, 6.07) is 14.3. The maximum atomic E-state index is 12.9. The SMILES string of the molecule is CCN(Cc1ccncc1)C1CN(C(=O)c2nccc3ccccc23)C1. The van der Waals surface area contributed by atoms with Crippen LogP contribution in [0.1, 0.15) is 23.0 Å². The zero-order valence-corrected chi connectivity index (χ0v) is 14.9. The maximum Gasteiger partial charge on any atom is 0.273 e. The summed E-state index contributed by atoms with van der Waals surface area (Å²) >= 11 is 0. The highest BCUT2D eigenvalue weighted by molar-refractivity contribution is 6.05. The van der Waals surface area contributed by atoms with Crippen LogP contribution >= 0.6 is 0 Å². The highest BCUT2D eigenvalue weighted by atomic mass is 16.2. The minimum absolute atomic E-state index is 0.0259. The molecule has 1 saturated heterocycles. The van der Waals surface area contributed by atoms with Gasteiger partial charge in [0.2, 0.25) is 0 Å². The third-order valence-electron chi connectivity index (χ3n) is 5.08. The number of likely N-dealkylation sites (tertiary alicyclic amines) is 1. The van der Waals surface area contributed by atoms with Gasteiger partial charge in [-0.05, 0) is 35.7 Å². The van der Waals surface area contributed by atoms with Crippen LogP contribution < -0.4 is 0 Å². The van der Waals surface area contributed by atoms with Crippen molar-refractivity contribution in [3.63, 3.8) is 0 Å². The Morgan fingerprint density at radius 3 is 2.65 bits per heavy atom. The summed E-state index contributed by atoms with van der Waals surface area (Å²) in [5, 5.41) is 1.98. The zero-order chi connectivity index (χ0) is 17.9. The number of likely N-dealkylation sites (N-methyl/N-ethyl adjacent to an activating group) is 1. The quantitative estimate of drug-likeness (QED) is 0.713. The number of benzene rings is 1. The standard InChI is InChI=1S/C21H22N4O/c1-2-24(13-16-7-10-22-11-8-16)18-14-25(15-18)21(26)20-19-6-4-3-5-17(19)9-12-23-20/h3-12,18H,2,13-15H2,1H3. The van der Waals surface area contributed by atoms with E-state index in [-0.39, 0.29) is 5.91 Å². The average Bonchev–Trinajstić information content (AvgIpc) is 2.66. The van der Waals surface area contributed by atoms with Crippen LogP contribution in [0.2, 0.25) is 0 Å². The molecular formula is C21H22N4O. The van der Waals surface area contributed by atoms with E-state index in [4.69, 9.17) is 0 Å². The number of nitrogens with zero attached hydrogens (tertiary/aromatic N) is 4. The minimum atomic E-state index is 0.0259. The first-order valence-corrected chi connectivity index (χ1v) is 9.02. The largest absolute Gasteiger partial charge is 0.334 e. The van der Waals surface area contributed by atoms with Gasteiger partial charge < -0.3 is 4.90 Å². The van der Waals surface area contributed by atoms with Gasteiger partial charge in [0, 0.05) is 49.7 Å². The molecule has 0 spiro atoms. The Morgan fingerprint density at radius 2 is 1.88 bits per heavy atom. The van der Waals surface area contributed by atoms with Gasteiger partial charge >= 0.3 is 0 Å². The Balaban J connectivity index is 1.44. The third kappa shape index (κ3) is 3.18. The van der Waals surface area contributed by atoms with E-state index in [1.165, 1.54) is 5.56 Å². The molecule has 3 heterocycles. The number of hydrogen-bond acceptors (Lipinski definition) is 4. The summed E-state index contributed by atoms with van der Waals surface area (Å²) in [7, 11) is 0. The Morgan fingerprint density at radius 1 is 1.12 bits per heavy atom. The van der Waals surface area contributed by atoms with Gasteiger partial charge in [-0.1, -0.05) is 31.2 Å². The van der Waals surface area contributed by atoms with Gasteiger partial charge in [0.1, 0.15) is 5.69 Å². The number of carbonyl (C=O) groups is 1. The molecular weight excluding hydrogens is 324 g/mol. The van der Waals surface area contributed by atoms with Crippen molar-refractivity contribution in [2.45, 2.75) is 19.5 Å². The number of amides is 1. The van der Waals surface area contributed by atoms with E-state index in [1.54, 1.807) is 6.20 Å². The van der Waals surface area contributed by atoms with Crippen molar-refractivity contribution < 1.29 is 4.79 Å². The van der Waals surface area contributed by atoms with E-state index in [0.29, 0.717) is 11.7 Å². The molecule has 26 heavy (non-hydrogen) atoms. The molecule has 1 aliphatic rings. The zero-order valence-electron chi connectivity index (χ0n) is 14.9. The third-order valence-corrected chi connectivity index (χ3v) is 5.08. The van der Waals surface area contributed by atoms with Gasteiger partial charge in [-0.2, -0.15) is 0 Å². The van der Waals surface area contributed by atoms with E-state index in [9.17, 15) is 4.79 Å². The summed E-state index contributed by atoms with van der Waals surface area (Å²) in [6.07, 6.45) is 5.37. The maximum absolute atomic E-state index is 12.9. The lowest BCUT2D eigenvalue weighted by molar-refractivity contribution is 0.0251. The number of fused-ring (bicyclic) bond motifs is 1. The molecule has 0 bridgehead atoms. The van der Waals surface area contributed by atoms with Crippen molar-refractivity contribution in [3.8, 4) is 0 Å². The first-order chi connectivity index (χ1) is 12.8. The number of rotatable bonds is 5. The van der Waals surface area contributed by atoms with Crippen molar-refractivity contribution in [1.29, 1.82) is 0 Å². The Labute approximate surface area is 153 Å². The molecule has 1 fully saturated rings. The Hall–Kier alpha value is -2.79. The summed E-state index contributed by atoms with van der Waals surface area (Å²) < 4.78 is 0. The van der Waals surface area contributed by atoms with Crippen LogP contribution in [0, 0.1) is 0 Å². The molecule has 0 saturated carbocycles. The second kappa shape index (κ2) is 7.22. The summed E-state index contributed by atoms with van der Waals surface area (Å²) in [5.74, 6) is 0.0259. The molecule has 132 valence electrons. The molecule has 4 rings (SSSR count). The summed E-state index contributed by atoms with van der Waals surface area (Å²) in [4.78, 5) is 25.6. The van der Waals surface area contributed by atoms with Crippen LogP contribution in [-0.2, 0) is 6.54 Å². The van der Waals surface area contributed by atoms with Crippen LogP contribution in [0.25, 0.3) is 10.8 Å². The number of carbonyl (C=O) groups excluding carboxylic acids is 1. The van der Waals surface area contributed by atoms with Gasteiger partial charge in [0.05, 0.1) is 0 Å². The van der Waals surface area contributed by atoms with Crippen molar-refractivity contribution in [1.82, 2.24) is 19.8 Å². The molecule has 0 N–H and O–H groups in total. The van der Waals surface area contributed by atoms with Crippen LogP contribution in [0.4, 0.5) is 0 Å². The van der Waals surface area contributed by atoms with Crippen molar-refractivity contribution >= 4 is 16.7 Å². The number of hydrogen-bond donors (Lipinski definition) is 0. The van der Waals surface area contributed by atoms with Gasteiger partial charge in [-0.25, -0.2) is 0 Å². The van der Waals surface area contributed by atoms with Crippen molar-refractivity contribution in [2.75, 3.05) is 19.6 Å². The monoisotopic (exact) mass is 346 g/mol. The fourth-order valence-electron chi connectivity index (χ4n) is 3.51. The Bertz CT molecular complexity index is 901. The molecule has 1 amide bonds. The molecule has 3 aromatic rings. The molecule has 0 radical (unpaired) electrons. The van der Waals surface area contributed by atoms with Crippen LogP contribution in [0.3, 0.4) is 0 Å². The summed E-state index contributed by atoms with van der Waals surface area (Å²) in [5.41, 5.74) is 1.81. The van der Waals surface area contributed by atoms with Crippen molar-refractivity contribution in [3.05, 3.63) is 72.3 Å². The molecule has 0 unspecified atom stereocenters. The lowest BCUT2D eigenvalue weighted by Crippen LogP contribution is -2.60. The molecule has 2 aromatic heterocycles. The van der Waals surface area contributed by atoms with E-state index in [2.05, 4.69) is 21.8 Å². The smallest absolute Gasteiger partial charge is 0.273 e. The van der Waals surface area contributed by atoms with Gasteiger partial charge in [0.25, 0.3) is 5.91 Å². The first kappa shape index (κ1) is 16.7. The highest BCUT2D eigenvalue weighted by Gasteiger charge is 2.35.